The van der Waals surface area contributed by atoms with Gasteiger partial charge >= 0.3 is 0 Å². The van der Waals surface area contributed by atoms with E-state index >= 15 is 0 Å². The van der Waals surface area contributed by atoms with Crippen LogP contribution in [-0.2, 0) is 5.41 Å². The first kappa shape index (κ1) is 33.6. The zero-order valence-electron chi connectivity index (χ0n) is 30.4. The van der Waals surface area contributed by atoms with E-state index in [9.17, 15) is 0 Å². The lowest BCUT2D eigenvalue weighted by Crippen LogP contribution is -2.10. The highest BCUT2D eigenvalue weighted by molar-refractivity contribution is 5.95. The molecule has 3 nitrogen and oxygen atoms in total. The second kappa shape index (κ2) is 14.6. The van der Waals surface area contributed by atoms with Crippen LogP contribution in [0.4, 0.5) is 5.82 Å². The average Bonchev–Trinajstić information content (AvgIpc) is 3.76. The highest BCUT2D eigenvalue weighted by atomic mass is 15.1. The molecule has 8 aromatic rings. The number of allylic oxidation sites excluding steroid dienone is 4. The minimum atomic E-state index is 0.0910. The predicted octanol–water partition coefficient (Wildman–Crippen LogP) is 13.4. The zero-order chi connectivity index (χ0) is 36.2. The van der Waals surface area contributed by atoms with E-state index in [1.165, 1.54) is 49.8 Å². The molecule has 8 rings (SSSR count). The van der Waals surface area contributed by atoms with Crippen LogP contribution >= 0.6 is 0 Å². The van der Waals surface area contributed by atoms with Gasteiger partial charge in [0.2, 0.25) is 0 Å². The van der Waals surface area contributed by atoms with Crippen molar-refractivity contribution in [3.63, 3.8) is 0 Å². The topological polar surface area (TPSA) is 21.9 Å². The lowest BCUT2D eigenvalue weighted by Gasteiger charge is -2.20. The van der Waals surface area contributed by atoms with E-state index in [-0.39, 0.29) is 5.41 Å². The maximum atomic E-state index is 3.55. The minimum absolute atomic E-state index is 0.0910. The molecule has 0 radical (unpaired) electrons. The fourth-order valence-electron chi connectivity index (χ4n) is 7.00. The van der Waals surface area contributed by atoms with Crippen molar-refractivity contribution in [2.45, 2.75) is 26.2 Å². The molecule has 0 aliphatic rings. The van der Waals surface area contributed by atoms with Gasteiger partial charge in [-0.05, 0) is 93.9 Å². The van der Waals surface area contributed by atoms with E-state index in [0.29, 0.717) is 0 Å². The Kier molecular flexibility index (Phi) is 9.23. The van der Waals surface area contributed by atoms with E-state index < -0.39 is 0 Å². The molecule has 1 N–H and O–H groups in total. The number of anilines is 1. The molecule has 2 heterocycles. The summed E-state index contributed by atoms with van der Waals surface area (Å²) in [6, 6.07) is 58.8. The van der Waals surface area contributed by atoms with Crippen LogP contribution in [0, 0.1) is 0 Å². The van der Waals surface area contributed by atoms with Crippen molar-refractivity contribution < 1.29 is 0 Å². The summed E-state index contributed by atoms with van der Waals surface area (Å²) in [5.41, 5.74) is 11.9. The fraction of sp³-hybridized carbons (Fsp3) is 0.0800. The molecule has 0 spiro atoms. The van der Waals surface area contributed by atoms with Gasteiger partial charge in [0.05, 0.1) is 16.7 Å². The van der Waals surface area contributed by atoms with Crippen LogP contribution in [0.3, 0.4) is 0 Å². The van der Waals surface area contributed by atoms with Gasteiger partial charge in [-0.25, -0.2) is 0 Å². The summed E-state index contributed by atoms with van der Waals surface area (Å²) in [6.45, 7) is 6.79. The zero-order valence-corrected chi connectivity index (χ0v) is 30.4. The highest BCUT2D eigenvalue weighted by Crippen LogP contribution is 2.37. The van der Waals surface area contributed by atoms with Crippen LogP contribution in [0.2, 0.25) is 0 Å². The molecule has 0 atom stereocenters. The van der Waals surface area contributed by atoms with Crippen LogP contribution in [0.5, 0.6) is 0 Å². The molecule has 0 aliphatic carbocycles. The third-order valence-electron chi connectivity index (χ3n) is 9.76. The molecule has 0 amide bonds. The van der Waals surface area contributed by atoms with Gasteiger partial charge < -0.3 is 9.88 Å². The number of rotatable bonds is 9. The third kappa shape index (κ3) is 7.15. The fourth-order valence-corrected chi connectivity index (χ4v) is 7.00. The van der Waals surface area contributed by atoms with Crippen molar-refractivity contribution in [1.82, 2.24) is 9.13 Å². The predicted molar refractivity (Wildman–Crippen MR) is 227 cm³/mol. The molecular weight excluding hydrogens is 643 g/mol. The first-order valence-electron chi connectivity index (χ1n) is 18.3. The van der Waals surface area contributed by atoms with Crippen LogP contribution in [0.15, 0.2) is 194 Å². The van der Waals surface area contributed by atoms with Gasteiger partial charge in [-0.15, -0.1) is 0 Å². The molecule has 0 fully saturated rings. The maximum absolute atomic E-state index is 3.55. The van der Waals surface area contributed by atoms with E-state index in [2.05, 4.69) is 193 Å². The smallest absolute Gasteiger partial charge is 0.115 e. The van der Waals surface area contributed by atoms with E-state index in [0.717, 1.165) is 22.7 Å². The molecule has 0 saturated heterocycles. The van der Waals surface area contributed by atoms with Crippen molar-refractivity contribution in [3.05, 3.63) is 205 Å². The Bertz CT molecular complexity index is 2580. The van der Waals surface area contributed by atoms with Crippen molar-refractivity contribution in [3.8, 4) is 33.8 Å². The molecule has 0 unspecified atom stereocenters. The molecule has 53 heavy (non-hydrogen) atoms. The second-order valence-corrected chi connectivity index (χ2v) is 14.4. The number of benzene rings is 6. The SMILES string of the molecule is CC(C)(C)c1ccc(-n2c(-c3ccccc3)cc3ccc(-c4ccc5c(c4)cc(N/C=C/C=C\C=C/c4ccccc4)n5-c4ccccc4)cc32)cc1. The standard InChI is InChI=1S/C50H43N3/c1-50(2,3)43-27-29-45(30-28-43)52-47(38-20-12-7-13-21-38)35-41-25-24-40(34-48(41)52)39-26-31-46-42(33-39)36-49(53(46)44-22-14-8-15-23-44)51-32-16-5-4-9-17-37-18-10-6-11-19-37/h4-36,51H,1-3H3/b5-4-,17-9-,32-16+. The maximum Gasteiger partial charge on any atom is 0.115 e. The average molecular weight is 686 g/mol. The molecule has 6 aromatic carbocycles. The Morgan fingerprint density at radius 3 is 1.85 bits per heavy atom. The number of nitrogens with one attached hydrogen (secondary N) is 1. The molecule has 258 valence electrons. The summed E-state index contributed by atoms with van der Waals surface area (Å²) in [4.78, 5) is 0. The number of nitrogens with zero attached hydrogens (tertiary/aromatic N) is 2. The Morgan fingerprint density at radius 2 is 1.11 bits per heavy atom. The Hall–Kier alpha value is -6.58. The van der Waals surface area contributed by atoms with Crippen LogP contribution < -0.4 is 5.32 Å². The summed E-state index contributed by atoms with van der Waals surface area (Å²) in [5, 5.41) is 5.94. The Balaban J connectivity index is 1.16. The number of hydrogen-bond donors (Lipinski definition) is 1. The summed E-state index contributed by atoms with van der Waals surface area (Å²) >= 11 is 0. The number of para-hydroxylation sites is 1. The molecule has 0 saturated carbocycles. The number of hydrogen-bond acceptors (Lipinski definition) is 1. The van der Waals surface area contributed by atoms with E-state index in [4.69, 9.17) is 0 Å². The summed E-state index contributed by atoms with van der Waals surface area (Å²) in [5.74, 6) is 1.00. The van der Waals surface area contributed by atoms with E-state index in [1.54, 1.807) is 0 Å². The summed E-state index contributed by atoms with van der Waals surface area (Å²) in [6.07, 6.45) is 12.3. The van der Waals surface area contributed by atoms with Gasteiger partial charge in [0.25, 0.3) is 0 Å². The normalized spacial score (nSPS) is 12.2. The molecule has 0 aliphatic heterocycles. The summed E-state index contributed by atoms with van der Waals surface area (Å²) < 4.78 is 4.69. The van der Waals surface area contributed by atoms with Crippen molar-refractivity contribution in [2.24, 2.45) is 0 Å². The monoisotopic (exact) mass is 685 g/mol. The Labute approximate surface area is 312 Å². The minimum Gasteiger partial charge on any atom is -0.348 e. The van der Waals surface area contributed by atoms with Gasteiger partial charge in [0.1, 0.15) is 5.82 Å². The number of fused-ring (bicyclic) bond motifs is 2. The van der Waals surface area contributed by atoms with Crippen molar-refractivity contribution >= 4 is 33.7 Å². The highest BCUT2D eigenvalue weighted by Gasteiger charge is 2.17. The van der Waals surface area contributed by atoms with Gasteiger partial charge in [0, 0.05) is 28.3 Å². The lowest BCUT2D eigenvalue weighted by molar-refractivity contribution is 0.590. The number of aromatic nitrogens is 2. The lowest BCUT2D eigenvalue weighted by atomic mass is 9.87. The van der Waals surface area contributed by atoms with Gasteiger partial charge in [0.15, 0.2) is 0 Å². The van der Waals surface area contributed by atoms with Crippen LogP contribution in [0.25, 0.3) is 61.6 Å². The van der Waals surface area contributed by atoms with Crippen molar-refractivity contribution in [2.75, 3.05) is 5.32 Å². The van der Waals surface area contributed by atoms with E-state index in [1.807, 2.05) is 42.6 Å². The molecule has 0 bridgehead atoms. The second-order valence-electron chi connectivity index (χ2n) is 14.4. The van der Waals surface area contributed by atoms with Gasteiger partial charge in [-0.2, -0.15) is 0 Å². The first-order chi connectivity index (χ1) is 25.9. The summed E-state index contributed by atoms with van der Waals surface area (Å²) in [7, 11) is 0. The molecular formula is C50H43N3. The largest absolute Gasteiger partial charge is 0.348 e. The quantitative estimate of drug-likeness (QED) is 0.150. The van der Waals surface area contributed by atoms with Gasteiger partial charge in [-0.3, -0.25) is 4.57 Å². The van der Waals surface area contributed by atoms with Crippen LogP contribution in [0.1, 0.15) is 31.9 Å². The first-order valence-corrected chi connectivity index (χ1v) is 18.3. The Morgan fingerprint density at radius 1 is 0.472 bits per heavy atom. The van der Waals surface area contributed by atoms with Crippen LogP contribution in [-0.4, -0.2) is 9.13 Å². The molecule has 2 aromatic heterocycles. The van der Waals surface area contributed by atoms with Gasteiger partial charge in [-0.1, -0.05) is 154 Å². The van der Waals surface area contributed by atoms with Crippen molar-refractivity contribution in [1.29, 1.82) is 0 Å². The molecule has 3 heteroatoms. The third-order valence-corrected chi connectivity index (χ3v) is 9.76.